The molecule has 0 saturated carbocycles. The van der Waals surface area contributed by atoms with Gasteiger partial charge in [0.05, 0.1) is 17.9 Å². The molecule has 1 aliphatic heterocycles. The molecule has 35 heavy (non-hydrogen) atoms. The number of fused-ring (bicyclic) bond motifs is 1. The van der Waals surface area contributed by atoms with Gasteiger partial charge in [-0.1, -0.05) is 0 Å². The number of nitrogen functional groups attached to an aromatic ring is 1. The van der Waals surface area contributed by atoms with Gasteiger partial charge < -0.3 is 20.7 Å². The van der Waals surface area contributed by atoms with Crippen LogP contribution >= 0.6 is 0 Å². The Morgan fingerprint density at radius 1 is 1.29 bits per heavy atom. The number of amides is 2. The van der Waals surface area contributed by atoms with Gasteiger partial charge in [-0.05, 0) is 51.8 Å². The van der Waals surface area contributed by atoms with E-state index in [0.29, 0.717) is 37.1 Å². The van der Waals surface area contributed by atoms with Gasteiger partial charge in [-0.2, -0.15) is 5.10 Å². The SMILES string of the molecule is CC(C)(C)OC(=O)N1CCC(N=Cc2cc(NC(=O)c3cnn4cccnc34)c(F)cc2N)CC1. The van der Waals surface area contributed by atoms with Gasteiger partial charge in [-0.3, -0.25) is 9.79 Å². The Balaban J connectivity index is 1.42. The maximum atomic E-state index is 14.6. The maximum Gasteiger partial charge on any atom is 0.410 e. The molecule has 2 amide bonds. The Morgan fingerprint density at radius 3 is 2.74 bits per heavy atom. The van der Waals surface area contributed by atoms with Crippen molar-refractivity contribution in [3.63, 3.8) is 0 Å². The topological polar surface area (TPSA) is 127 Å². The van der Waals surface area contributed by atoms with E-state index in [4.69, 9.17) is 10.5 Å². The average Bonchev–Trinajstić information content (AvgIpc) is 3.23. The van der Waals surface area contributed by atoms with Gasteiger partial charge in [0.25, 0.3) is 5.91 Å². The van der Waals surface area contributed by atoms with E-state index < -0.39 is 17.3 Å². The summed E-state index contributed by atoms with van der Waals surface area (Å²) in [5.41, 5.74) is 6.68. The van der Waals surface area contributed by atoms with Crippen molar-refractivity contribution in [1.82, 2.24) is 19.5 Å². The van der Waals surface area contributed by atoms with Crippen molar-refractivity contribution in [1.29, 1.82) is 0 Å². The Morgan fingerprint density at radius 2 is 2.03 bits per heavy atom. The summed E-state index contributed by atoms with van der Waals surface area (Å²) in [6.45, 7) is 6.57. The first kappa shape index (κ1) is 24.1. The number of nitrogens with one attached hydrogen (secondary N) is 1. The summed E-state index contributed by atoms with van der Waals surface area (Å²) in [5, 5.41) is 6.64. The molecule has 184 valence electrons. The Bertz CT molecular complexity index is 1270. The van der Waals surface area contributed by atoms with E-state index in [1.165, 1.54) is 16.8 Å². The molecule has 1 aromatic carbocycles. The van der Waals surface area contributed by atoms with Crippen LogP contribution in [-0.2, 0) is 4.74 Å². The molecular formula is C24H28FN7O3. The van der Waals surface area contributed by atoms with E-state index in [0.717, 1.165) is 6.07 Å². The summed E-state index contributed by atoms with van der Waals surface area (Å²) < 4.78 is 21.4. The molecular weight excluding hydrogens is 453 g/mol. The molecule has 3 heterocycles. The van der Waals surface area contributed by atoms with Crippen LogP contribution in [0.1, 0.15) is 49.5 Å². The molecule has 10 nitrogen and oxygen atoms in total. The standard InChI is InChI=1S/C24H28FN7O3/c1-24(2,3)35-23(34)31-9-5-16(6-10-31)28-13-15-11-20(18(25)12-19(15)26)30-22(33)17-14-29-32-8-4-7-27-21(17)32/h4,7-8,11-14,16H,5-6,9-10,26H2,1-3H3,(H,30,33). The van der Waals surface area contributed by atoms with Crippen LogP contribution < -0.4 is 11.1 Å². The minimum absolute atomic E-state index is 0.0129. The highest BCUT2D eigenvalue weighted by molar-refractivity contribution is 6.08. The zero-order chi connectivity index (χ0) is 25.2. The van der Waals surface area contributed by atoms with Crippen molar-refractivity contribution < 1.29 is 18.7 Å². The fourth-order valence-corrected chi connectivity index (χ4v) is 3.70. The normalized spacial score (nSPS) is 15.0. The molecule has 0 bridgehead atoms. The van der Waals surface area contributed by atoms with Gasteiger partial charge in [-0.25, -0.2) is 18.7 Å². The lowest BCUT2D eigenvalue weighted by Gasteiger charge is -2.32. The van der Waals surface area contributed by atoms with Crippen LogP contribution in [0.25, 0.3) is 5.65 Å². The molecule has 2 aromatic heterocycles. The largest absolute Gasteiger partial charge is 0.444 e. The number of halogens is 1. The number of piperidine rings is 1. The van der Waals surface area contributed by atoms with Crippen LogP contribution in [0.3, 0.4) is 0 Å². The minimum atomic E-state index is -0.664. The van der Waals surface area contributed by atoms with Gasteiger partial charge >= 0.3 is 6.09 Å². The van der Waals surface area contributed by atoms with Gasteiger partial charge in [0.1, 0.15) is 17.0 Å². The number of rotatable bonds is 4. The van der Waals surface area contributed by atoms with Crippen LogP contribution in [0.5, 0.6) is 0 Å². The van der Waals surface area contributed by atoms with Crippen molar-refractivity contribution in [3.8, 4) is 0 Å². The Labute approximate surface area is 202 Å². The van der Waals surface area contributed by atoms with E-state index in [2.05, 4.69) is 20.4 Å². The van der Waals surface area contributed by atoms with E-state index in [1.54, 1.807) is 29.6 Å². The van der Waals surface area contributed by atoms with Crippen molar-refractivity contribution >= 4 is 35.2 Å². The number of hydrogen-bond donors (Lipinski definition) is 2. The fourth-order valence-electron chi connectivity index (χ4n) is 3.70. The first-order chi connectivity index (χ1) is 16.6. The number of carbonyl (C=O) groups excluding carboxylic acids is 2. The molecule has 1 aliphatic rings. The molecule has 1 fully saturated rings. The molecule has 11 heteroatoms. The Hall–Kier alpha value is -4.02. The van der Waals surface area contributed by atoms with Crippen molar-refractivity contribution in [3.05, 3.63) is 53.7 Å². The summed E-state index contributed by atoms with van der Waals surface area (Å²) in [7, 11) is 0. The van der Waals surface area contributed by atoms with Crippen molar-refractivity contribution in [2.45, 2.75) is 45.3 Å². The number of hydrogen-bond acceptors (Lipinski definition) is 7. The first-order valence-electron chi connectivity index (χ1n) is 11.3. The second-order valence-electron chi connectivity index (χ2n) is 9.34. The lowest BCUT2D eigenvalue weighted by Crippen LogP contribution is -2.42. The zero-order valence-electron chi connectivity index (χ0n) is 19.9. The minimum Gasteiger partial charge on any atom is -0.444 e. The number of nitrogens with zero attached hydrogens (tertiary/aromatic N) is 5. The number of anilines is 2. The van der Waals surface area contributed by atoms with Crippen molar-refractivity contribution in [2.24, 2.45) is 4.99 Å². The third kappa shape index (κ3) is 5.73. The third-order valence-electron chi connectivity index (χ3n) is 5.49. The van der Waals surface area contributed by atoms with Gasteiger partial charge in [-0.15, -0.1) is 0 Å². The number of aromatic nitrogens is 3. The predicted octanol–water partition coefficient (Wildman–Crippen LogP) is 3.52. The summed E-state index contributed by atoms with van der Waals surface area (Å²) in [6, 6.07) is 4.27. The smallest absolute Gasteiger partial charge is 0.410 e. The summed E-state index contributed by atoms with van der Waals surface area (Å²) >= 11 is 0. The first-order valence-corrected chi connectivity index (χ1v) is 11.3. The van der Waals surface area contributed by atoms with Crippen molar-refractivity contribution in [2.75, 3.05) is 24.1 Å². The molecule has 0 spiro atoms. The van der Waals surface area contributed by atoms with E-state index in [-0.39, 0.29) is 29.1 Å². The number of benzene rings is 1. The highest BCUT2D eigenvalue weighted by Gasteiger charge is 2.26. The average molecular weight is 482 g/mol. The lowest BCUT2D eigenvalue weighted by atomic mass is 10.1. The lowest BCUT2D eigenvalue weighted by molar-refractivity contribution is 0.0207. The molecule has 0 unspecified atom stereocenters. The molecule has 4 rings (SSSR count). The van der Waals surface area contributed by atoms with Crippen LogP contribution in [0, 0.1) is 5.82 Å². The number of likely N-dealkylation sites (tertiary alicyclic amines) is 1. The van der Waals surface area contributed by atoms with E-state index in [1.807, 2.05) is 20.8 Å². The summed E-state index contributed by atoms with van der Waals surface area (Å²) in [5.74, 6) is -1.21. The van der Waals surface area contributed by atoms with Crippen LogP contribution in [0.15, 0.2) is 41.8 Å². The number of ether oxygens (including phenoxy) is 1. The predicted molar refractivity (Wildman–Crippen MR) is 130 cm³/mol. The van der Waals surface area contributed by atoms with Crippen LogP contribution in [-0.4, -0.2) is 62.4 Å². The quantitative estimate of drug-likeness (QED) is 0.434. The summed E-state index contributed by atoms with van der Waals surface area (Å²) in [4.78, 5) is 35.4. The monoisotopic (exact) mass is 481 g/mol. The maximum absolute atomic E-state index is 14.6. The number of nitrogens with two attached hydrogens (primary N) is 1. The van der Waals surface area contributed by atoms with E-state index >= 15 is 0 Å². The molecule has 0 aliphatic carbocycles. The third-order valence-corrected chi connectivity index (χ3v) is 5.49. The molecule has 3 aromatic rings. The fraction of sp³-hybridized carbons (Fsp3) is 0.375. The number of aliphatic imine (C=N–C) groups is 1. The highest BCUT2D eigenvalue weighted by atomic mass is 19.1. The van der Waals surface area contributed by atoms with Gasteiger partial charge in [0.15, 0.2) is 5.65 Å². The summed E-state index contributed by atoms with van der Waals surface area (Å²) in [6.07, 6.45) is 7.17. The number of carbonyl (C=O) groups is 2. The van der Waals surface area contributed by atoms with Gasteiger partial charge in [0.2, 0.25) is 0 Å². The molecule has 0 atom stereocenters. The van der Waals surface area contributed by atoms with Gasteiger partial charge in [0, 0.05) is 42.9 Å². The second-order valence-corrected chi connectivity index (χ2v) is 9.34. The Kier molecular flexibility index (Phi) is 6.68. The second kappa shape index (κ2) is 9.69. The zero-order valence-corrected chi connectivity index (χ0v) is 19.9. The molecule has 3 N–H and O–H groups in total. The van der Waals surface area contributed by atoms with E-state index in [9.17, 15) is 14.0 Å². The van der Waals surface area contributed by atoms with Crippen LogP contribution in [0.4, 0.5) is 20.6 Å². The molecule has 1 saturated heterocycles. The molecule has 0 radical (unpaired) electrons. The van der Waals surface area contributed by atoms with Crippen LogP contribution in [0.2, 0.25) is 0 Å². The highest BCUT2D eigenvalue weighted by Crippen LogP contribution is 2.23.